The monoisotopic (exact) mass is 343 g/mol. The highest BCUT2D eigenvalue weighted by molar-refractivity contribution is 6.35. The van der Waals surface area contributed by atoms with Crippen molar-refractivity contribution in [2.24, 2.45) is 23.2 Å². The third-order valence-electron chi connectivity index (χ3n) is 7.37. The van der Waals surface area contributed by atoms with Crippen LogP contribution in [0.5, 0.6) is 0 Å². The van der Waals surface area contributed by atoms with Gasteiger partial charge in [0, 0.05) is 18.1 Å². The van der Waals surface area contributed by atoms with Gasteiger partial charge in [0.15, 0.2) is 6.23 Å². The van der Waals surface area contributed by atoms with Crippen molar-refractivity contribution in [3.63, 3.8) is 0 Å². The fourth-order valence-corrected chi connectivity index (χ4v) is 5.36. The van der Waals surface area contributed by atoms with Crippen LogP contribution in [-0.4, -0.2) is 30.3 Å². The Kier molecular flexibility index (Phi) is 4.22. The van der Waals surface area contributed by atoms with Crippen LogP contribution in [0.4, 0.5) is 5.69 Å². The molecule has 1 N–H and O–H groups in total. The SMILES string of the molecule is Bc1c(N[C@@H]2C[C@@H]3C[C@H]([C@H]2C)C3(C)C)cnn(C2CCCCO2)c1=O. The molecule has 6 heteroatoms. The van der Waals surface area contributed by atoms with E-state index in [0.717, 1.165) is 48.9 Å². The first-order chi connectivity index (χ1) is 11.9. The maximum atomic E-state index is 12.8. The van der Waals surface area contributed by atoms with Gasteiger partial charge in [-0.15, -0.1) is 0 Å². The second-order valence-corrected chi connectivity index (χ2v) is 8.96. The van der Waals surface area contributed by atoms with E-state index < -0.39 is 0 Å². The Morgan fingerprint density at radius 2 is 2.16 bits per heavy atom. The van der Waals surface area contributed by atoms with Gasteiger partial charge in [-0.2, -0.15) is 5.10 Å². The fourth-order valence-electron chi connectivity index (χ4n) is 5.36. The van der Waals surface area contributed by atoms with E-state index in [0.29, 0.717) is 17.4 Å². The maximum absolute atomic E-state index is 12.8. The highest BCUT2D eigenvalue weighted by atomic mass is 16.5. The Morgan fingerprint density at radius 3 is 2.80 bits per heavy atom. The number of ether oxygens (including phenoxy) is 1. The smallest absolute Gasteiger partial charge is 0.264 e. The lowest BCUT2D eigenvalue weighted by Crippen LogP contribution is -2.58. The topological polar surface area (TPSA) is 56.1 Å². The lowest BCUT2D eigenvalue weighted by Gasteiger charge is -2.62. The van der Waals surface area contributed by atoms with Gasteiger partial charge in [-0.25, -0.2) is 4.68 Å². The highest BCUT2D eigenvalue weighted by Gasteiger charge is 2.56. The van der Waals surface area contributed by atoms with Crippen LogP contribution >= 0.6 is 0 Å². The zero-order valence-electron chi connectivity index (χ0n) is 15.9. The van der Waals surface area contributed by atoms with E-state index in [1.807, 2.05) is 14.0 Å². The number of anilines is 1. The summed E-state index contributed by atoms with van der Waals surface area (Å²) in [6.45, 7) is 7.91. The first-order valence-electron chi connectivity index (χ1n) is 9.86. The van der Waals surface area contributed by atoms with Crippen LogP contribution in [0.2, 0.25) is 0 Å². The van der Waals surface area contributed by atoms with Crippen molar-refractivity contribution in [2.45, 2.75) is 65.1 Å². The fraction of sp³-hybridized carbons (Fsp3) is 0.789. The van der Waals surface area contributed by atoms with Crippen LogP contribution in [0.1, 0.15) is 59.1 Å². The molecule has 0 spiro atoms. The van der Waals surface area contributed by atoms with Crippen LogP contribution in [0.25, 0.3) is 0 Å². The second kappa shape index (κ2) is 6.15. The van der Waals surface area contributed by atoms with Gasteiger partial charge in [-0.3, -0.25) is 4.79 Å². The highest BCUT2D eigenvalue weighted by Crippen LogP contribution is 2.61. The van der Waals surface area contributed by atoms with Crippen molar-refractivity contribution in [3.8, 4) is 0 Å². The van der Waals surface area contributed by atoms with Gasteiger partial charge in [-0.1, -0.05) is 20.8 Å². The summed E-state index contributed by atoms with van der Waals surface area (Å²) in [5, 5.41) is 8.08. The van der Waals surface area contributed by atoms with Crippen LogP contribution < -0.4 is 16.3 Å². The van der Waals surface area contributed by atoms with Crippen LogP contribution in [-0.2, 0) is 4.74 Å². The van der Waals surface area contributed by atoms with E-state index in [-0.39, 0.29) is 11.8 Å². The molecule has 3 aliphatic carbocycles. The summed E-state index contributed by atoms with van der Waals surface area (Å²) in [5.41, 5.74) is 2.11. The van der Waals surface area contributed by atoms with Gasteiger partial charge in [0.05, 0.1) is 11.9 Å². The molecule has 5 rings (SSSR count). The van der Waals surface area contributed by atoms with Crippen molar-refractivity contribution in [2.75, 3.05) is 11.9 Å². The normalized spacial score (nSPS) is 36.5. The van der Waals surface area contributed by atoms with E-state index in [1.54, 1.807) is 0 Å². The summed E-state index contributed by atoms with van der Waals surface area (Å²) < 4.78 is 7.26. The van der Waals surface area contributed by atoms with Crippen LogP contribution in [0.15, 0.2) is 11.0 Å². The Hall–Kier alpha value is -1.30. The van der Waals surface area contributed by atoms with E-state index >= 15 is 0 Å². The standard InChI is InChI=1S/C19H30BN3O2/c1-11-13-8-12(19(13,2)3)9-14(11)22-15-10-21-23(18(24)17(15)20)16-6-4-5-7-25-16/h10-14,16,22H,4-9,20H2,1-3H3/t11-,12+,13-,14-,16?/m1/s1. The lowest BCUT2D eigenvalue weighted by atomic mass is 9.44. The maximum Gasteiger partial charge on any atom is 0.264 e. The number of nitrogens with one attached hydrogen (secondary N) is 1. The van der Waals surface area contributed by atoms with E-state index in [4.69, 9.17) is 4.74 Å². The van der Waals surface area contributed by atoms with Crippen LogP contribution in [0.3, 0.4) is 0 Å². The summed E-state index contributed by atoms with van der Waals surface area (Å²) in [4.78, 5) is 12.8. The number of rotatable bonds is 3. The lowest BCUT2D eigenvalue weighted by molar-refractivity contribution is -0.105. The van der Waals surface area contributed by atoms with Crippen molar-refractivity contribution >= 4 is 19.0 Å². The molecule has 4 aliphatic rings. The minimum absolute atomic E-state index is 0.0224. The number of hydrogen-bond acceptors (Lipinski definition) is 4. The van der Waals surface area contributed by atoms with Crippen molar-refractivity contribution in [1.29, 1.82) is 0 Å². The minimum atomic E-state index is -0.198. The molecule has 2 bridgehead atoms. The van der Waals surface area contributed by atoms with Gasteiger partial charge >= 0.3 is 0 Å². The molecule has 5 nitrogen and oxygen atoms in total. The first-order valence-corrected chi connectivity index (χ1v) is 9.86. The molecule has 2 heterocycles. The number of fused-ring (bicyclic) bond motifs is 2. The Morgan fingerprint density at radius 1 is 1.36 bits per heavy atom. The number of hydrogen-bond donors (Lipinski definition) is 1. The van der Waals surface area contributed by atoms with Gasteiger partial charge < -0.3 is 10.1 Å². The van der Waals surface area contributed by atoms with Crippen molar-refractivity contribution in [3.05, 3.63) is 16.6 Å². The number of aromatic nitrogens is 2. The van der Waals surface area contributed by atoms with Gasteiger partial charge in [0.25, 0.3) is 5.56 Å². The largest absolute Gasteiger partial charge is 0.381 e. The minimum Gasteiger partial charge on any atom is -0.381 e. The predicted octanol–water partition coefficient (Wildman–Crippen LogP) is 1.68. The van der Waals surface area contributed by atoms with E-state index in [1.165, 1.54) is 17.5 Å². The van der Waals surface area contributed by atoms with Gasteiger partial charge in [0.2, 0.25) is 0 Å². The molecule has 25 heavy (non-hydrogen) atoms. The van der Waals surface area contributed by atoms with E-state index in [2.05, 4.69) is 31.2 Å². The Bertz CT molecular complexity index is 711. The molecule has 3 saturated carbocycles. The third-order valence-corrected chi connectivity index (χ3v) is 7.37. The second-order valence-electron chi connectivity index (χ2n) is 8.96. The molecule has 1 aromatic heterocycles. The zero-order chi connectivity index (χ0) is 17.8. The summed E-state index contributed by atoms with van der Waals surface area (Å²) in [7, 11) is 1.91. The average Bonchev–Trinajstić information content (AvgIpc) is 2.61. The molecule has 0 amide bonds. The number of nitrogens with zero attached hydrogens (tertiary/aromatic N) is 2. The third kappa shape index (κ3) is 2.73. The Labute approximate surface area is 150 Å². The molecule has 5 atom stereocenters. The average molecular weight is 343 g/mol. The summed E-state index contributed by atoms with van der Waals surface area (Å²) in [5.74, 6) is 2.21. The van der Waals surface area contributed by atoms with Crippen molar-refractivity contribution < 1.29 is 4.74 Å². The summed E-state index contributed by atoms with van der Waals surface area (Å²) in [6, 6.07) is 0.443. The molecular weight excluding hydrogens is 313 g/mol. The van der Waals surface area contributed by atoms with Gasteiger partial charge in [-0.05, 0) is 55.3 Å². The molecule has 0 aromatic carbocycles. The molecular formula is C19H30BN3O2. The zero-order valence-corrected chi connectivity index (χ0v) is 15.9. The molecule has 1 aliphatic heterocycles. The molecule has 136 valence electrons. The Balaban J connectivity index is 1.52. The van der Waals surface area contributed by atoms with E-state index in [9.17, 15) is 4.79 Å². The van der Waals surface area contributed by atoms with Crippen LogP contribution in [0, 0.1) is 23.2 Å². The molecule has 0 radical (unpaired) electrons. The summed E-state index contributed by atoms with van der Waals surface area (Å²) >= 11 is 0. The quantitative estimate of drug-likeness (QED) is 0.849. The first kappa shape index (κ1) is 17.1. The molecule has 1 saturated heterocycles. The molecule has 4 fully saturated rings. The summed E-state index contributed by atoms with van der Waals surface area (Å²) in [6.07, 6.45) is 7.22. The van der Waals surface area contributed by atoms with Crippen molar-refractivity contribution in [1.82, 2.24) is 9.78 Å². The molecule has 1 aromatic rings. The predicted molar refractivity (Wildman–Crippen MR) is 102 cm³/mol. The molecule has 1 unspecified atom stereocenters. The van der Waals surface area contributed by atoms with Gasteiger partial charge in [0.1, 0.15) is 7.85 Å².